The summed E-state index contributed by atoms with van der Waals surface area (Å²) < 4.78 is 174. The molecule has 5 aromatic heterocycles. The van der Waals surface area contributed by atoms with Gasteiger partial charge in [-0.1, -0.05) is 54.6 Å². The number of anilines is 15. The van der Waals surface area contributed by atoms with Gasteiger partial charge in [0.25, 0.3) is 5.69 Å². The third-order valence-corrected chi connectivity index (χ3v) is 18.1. The Morgan fingerprint density at radius 3 is 0.968 bits per heavy atom. The number of hydrogen-bond donors (Lipinski definition) is 4. The van der Waals surface area contributed by atoms with E-state index in [4.69, 9.17) is 57.9 Å². The number of carbonyl (C=O) groups is 2. The number of alkyl halides is 6. The Morgan fingerprint density at radius 1 is 0.416 bits per heavy atom. The molecule has 125 heavy (non-hydrogen) atoms. The molecule has 0 aliphatic heterocycles. The molecule has 0 amide bonds. The highest BCUT2D eigenvalue weighted by Crippen LogP contribution is 2.34. The van der Waals surface area contributed by atoms with Gasteiger partial charge in [0, 0.05) is 136 Å². The van der Waals surface area contributed by atoms with Gasteiger partial charge in [-0.2, -0.15) is 24.9 Å². The number of nitro groups is 1. The molecule has 0 spiro atoms. The van der Waals surface area contributed by atoms with E-state index >= 15 is 0 Å². The smallest absolute Gasteiger partial charge is 0.573 e. The van der Waals surface area contributed by atoms with Crippen molar-refractivity contribution in [3.05, 3.63) is 308 Å². The van der Waals surface area contributed by atoms with Gasteiger partial charge in [0.05, 0.1) is 35.9 Å². The molecule has 6 N–H and O–H groups in total. The van der Waals surface area contributed by atoms with Crippen LogP contribution in [0.4, 0.5) is 140 Å². The fraction of sp³-hybridized carbons (Fsp3) is 0.136. The van der Waals surface area contributed by atoms with Crippen LogP contribution in [-0.4, -0.2) is 123 Å². The van der Waals surface area contributed by atoms with E-state index in [1.807, 2.05) is 0 Å². The minimum absolute atomic E-state index is 0.00342. The van der Waals surface area contributed by atoms with Crippen LogP contribution in [0.25, 0.3) is 0 Å². The molecule has 13 aromatic rings. The molecule has 0 radical (unpaired) electrons. The Bertz CT molecular complexity index is 5780. The zero-order chi connectivity index (χ0) is 91.0. The van der Waals surface area contributed by atoms with Crippen molar-refractivity contribution in [2.24, 2.45) is 0 Å². The lowest BCUT2D eigenvalue weighted by atomic mass is 10.0. The molecule has 0 saturated heterocycles. The first-order valence-electron chi connectivity index (χ1n) is 35.7. The maximum Gasteiger partial charge on any atom is 0.573 e. The zero-order valence-electron chi connectivity index (χ0n) is 65.3. The molecular weight excluding hydrogens is 1760 g/mol. The van der Waals surface area contributed by atoms with Crippen LogP contribution in [0.15, 0.2) is 225 Å². The van der Waals surface area contributed by atoms with Gasteiger partial charge in [0.2, 0.25) is 27.1 Å². The van der Waals surface area contributed by atoms with E-state index in [0.717, 1.165) is 60.1 Å². The molecule has 650 valence electrons. The van der Waals surface area contributed by atoms with Gasteiger partial charge in [0.15, 0.2) is 58.2 Å². The Balaban J connectivity index is 0.000000186. The van der Waals surface area contributed by atoms with Gasteiger partial charge in [-0.3, -0.25) is 23.9 Å². The SMILES string of the molecule is CN(c1ccc(CC(=O)Cc2ccc(OC(F)(F)F)cc2)cc1)c1nc(Cl)ncc1F.CN(c1ccc(CC(=O)Cc2ccc(OC(F)(F)F)cc2)cc1)c1nc(Nc2cccc(NS(=O)[O-])c2)ncc1F.CN(c1ccc(N)cc1)c1nc(Cl)ncc1F.CN(c1ccc(N)cc1)c1nc(Cl)ncc1F.CN(c1ccc([N+](=O)[O-])cc1)c1nc(Cl)ncc1F. The number of Topliss-reactive ketones (excluding diaryl/α,β-unsaturated/α-hetero) is 2. The summed E-state index contributed by atoms with van der Waals surface area (Å²) in [6, 6.07) is 49.9. The molecule has 0 saturated carbocycles. The fourth-order valence-electron chi connectivity index (χ4n) is 11.0. The summed E-state index contributed by atoms with van der Waals surface area (Å²) >= 11 is 20.1. The minimum Gasteiger partial charge on any atom is -0.755 e. The number of nitrogens with zero attached hydrogens (tertiary/aromatic N) is 16. The highest BCUT2D eigenvalue weighted by molar-refractivity contribution is 7.80. The molecule has 0 aliphatic carbocycles. The van der Waals surface area contributed by atoms with E-state index in [2.05, 4.69) is 69.4 Å². The lowest BCUT2D eigenvalue weighted by Gasteiger charge is -2.20. The van der Waals surface area contributed by atoms with Gasteiger partial charge in [-0.25, -0.2) is 46.9 Å². The van der Waals surface area contributed by atoms with Crippen LogP contribution in [-0.2, 0) is 46.5 Å². The highest BCUT2D eigenvalue weighted by atomic mass is 35.5. The van der Waals surface area contributed by atoms with Crippen molar-refractivity contribution in [2.75, 3.05) is 81.2 Å². The van der Waals surface area contributed by atoms with Crippen LogP contribution in [0.3, 0.4) is 0 Å². The van der Waals surface area contributed by atoms with Gasteiger partial charge in [0.1, 0.15) is 23.1 Å². The second-order valence-corrected chi connectivity index (χ2v) is 27.9. The molecule has 1 atom stereocenters. The van der Waals surface area contributed by atoms with Crippen LogP contribution >= 0.6 is 46.4 Å². The average molecular weight is 1830 g/mol. The molecule has 8 aromatic carbocycles. The number of ketones is 2. The summed E-state index contributed by atoms with van der Waals surface area (Å²) in [6.45, 7) is 0. The third-order valence-electron chi connectivity index (χ3n) is 17.0. The number of rotatable bonds is 25. The molecule has 44 heteroatoms. The van der Waals surface area contributed by atoms with Crippen molar-refractivity contribution in [1.82, 2.24) is 49.8 Å². The van der Waals surface area contributed by atoms with Crippen LogP contribution in [0.2, 0.25) is 21.1 Å². The van der Waals surface area contributed by atoms with E-state index < -0.39 is 58.0 Å². The van der Waals surface area contributed by atoms with E-state index in [1.54, 1.807) is 160 Å². The lowest BCUT2D eigenvalue weighted by Crippen LogP contribution is -2.17. The van der Waals surface area contributed by atoms with Crippen LogP contribution < -0.4 is 55.5 Å². The summed E-state index contributed by atoms with van der Waals surface area (Å²) in [5.41, 5.74) is 19.0. The van der Waals surface area contributed by atoms with Crippen molar-refractivity contribution in [1.29, 1.82) is 0 Å². The quantitative estimate of drug-likeness (QED) is 0.0103. The van der Waals surface area contributed by atoms with Gasteiger partial charge >= 0.3 is 12.7 Å². The predicted octanol–water partition coefficient (Wildman–Crippen LogP) is 19.1. The summed E-state index contributed by atoms with van der Waals surface area (Å²) in [5, 5.41) is 13.3. The second kappa shape index (κ2) is 43.8. The van der Waals surface area contributed by atoms with E-state index in [9.17, 15) is 76.8 Å². The largest absolute Gasteiger partial charge is 0.755 e. The number of benzene rings is 8. The first kappa shape index (κ1) is 95.0. The molecule has 1 unspecified atom stereocenters. The summed E-state index contributed by atoms with van der Waals surface area (Å²) in [4.78, 5) is 80.2. The molecule has 5 heterocycles. The minimum atomic E-state index is -4.79. The summed E-state index contributed by atoms with van der Waals surface area (Å²) in [6.07, 6.45) is -4.19. The molecule has 0 fully saturated rings. The van der Waals surface area contributed by atoms with E-state index in [0.29, 0.717) is 56.5 Å². The van der Waals surface area contributed by atoms with Gasteiger partial charge in [-0.15, -0.1) is 26.3 Å². The molecule has 0 aliphatic rings. The fourth-order valence-corrected chi connectivity index (χ4v) is 11.8. The maximum absolute atomic E-state index is 14.6. The Labute approximate surface area is 726 Å². The number of nitrogen functional groups attached to an aromatic ring is 2. The number of nitrogens with two attached hydrogens (primary N) is 2. The number of nitrogens with one attached hydrogen (secondary N) is 2. The van der Waals surface area contributed by atoms with Crippen LogP contribution in [0.1, 0.15) is 22.3 Å². The molecule has 13 rings (SSSR count). The summed E-state index contributed by atoms with van der Waals surface area (Å²) in [5.74, 6) is -3.67. The Hall–Kier alpha value is -13.8. The first-order chi connectivity index (χ1) is 59.2. The molecule has 0 bridgehead atoms. The zero-order valence-corrected chi connectivity index (χ0v) is 69.2. The number of ether oxygens (including phenoxy) is 2. The molecular formula is C81H66Cl4F11N20O8S-. The van der Waals surface area contributed by atoms with Gasteiger partial charge < -0.3 is 60.0 Å². The van der Waals surface area contributed by atoms with Crippen molar-refractivity contribution >= 4 is 161 Å². The van der Waals surface area contributed by atoms with Crippen molar-refractivity contribution in [3.63, 3.8) is 0 Å². The first-order valence-corrected chi connectivity index (χ1v) is 38.3. The third kappa shape index (κ3) is 29.5. The number of hydrogen-bond acceptors (Lipinski definition) is 26. The van der Waals surface area contributed by atoms with Crippen LogP contribution in [0.5, 0.6) is 11.5 Å². The predicted molar refractivity (Wildman–Crippen MR) is 451 cm³/mol. The topological polar surface area (TPSA) is 357 Å². The number of nitro benzene ring substituents is 1. The molecule has 28 nitrogen and oxygen atoms in total. The average Bonchev–Trinajstić information content (AvgIpc) is 0.814. The normalized spacial score (nSPS) is 11.1. The number of non-ortho nitro benzene ring substituents is 1. The van der Waals surface area contributed by atoms with Crippen molar-refractivity contribution in [3.8, 4) is 11.5 Å². The monoisotopic (exact) mass is 1830 g/mol. The maximum atomic E-state index is 14.6. The number of carbonyl (C=O) groups excluding carboxylic acids is 2. The highest BCUT2D eigenvalue weighted by Gasteiger charge is 2.32. The van der Waals surface area contributed by atoms with Crippen molar-refractivity contribution in [2.45, 2.75) is 38.4 Å². The van der Waals surface area contributed by atoms with Crippen molar-refractivity contribution < 1.29 is 81.0 Å². The van der Waals surface area contributed by atoms with Crippen LogP contribution in [0, 0.1) is 39.2 Å². The van der Waals surface area contributed by atoms with Gasteiger partial charge in [-0.05, 0) is 196 Å². The van der Waals surface area contributed by atoms with E-state index in [1.165, 1.54) is 81.4 Å². The lowest BCUT2D eigenvalue weighted by molar-refractivity contribution is -0.384. The Morgan fingerprint density at radius 2 is 0.680 bits per heavy atom. The second-order valence-electron chi connectivity index (χ2n) is 25.9. The number of halogens is 15. The van der Waals surface area contributed by atoms with E-state index in [-0.39, 0.29) is 111 Å². The number of aromatic nitrogens is 10. The summed E-state index contributed by atoms with van der Waals surface area (Å²) in [7, 11) is 8.17. The standard InChI is InChI=1S/C27H23F4N5O4S.C21H16ClF4N3O2.C11H8ClFN4O2.2C11H10ClFN4/c1-36(25-24(28)16-32-26(34-25)33-19-3-2-4-20(15-19)35-41(38)39)21-9-5-17(6-10-21)13-22(37)14-18-7-11-23(12-8-18)40-27(29,30)31;1-29(19-18(23)12-27-20(22)28-19)15-6-2-13(3-7-15)10-16(30)11-14-4-8-17(9-5-14)31-21(24,25)26;1-16(10-9(13)6-14-11(12)15-10)7-2-4-8(5-3-7)17(18)19;2*1-17(8-4-2-7(14)3-5-8)10-9(13)6-15-11(12)16-10/h2-12,15-16,35H,13-14H2,1H3,(H,38,39)(H,32,33,34);2-9,12H,10-11H2,1H3;2-6H,1H3;2*2-6H,14H2,1H3/p-1. The Kier molecular flexibility index (Phi) is 33.3.